The van der Waals surface area contributed by atoms with Crippen molar-refractivity contribution in [2.45, 2.75) is 35.4 Å². The molecular formula is C21H24N2O5S2. The first-order valence-electron chi connectivity index (χ1n) is 9.44. The van der Waals surface area contributed by atoms with Crippen molar-refractivity contribution in [2.75, 3.05) is 18.2 Å². The van der Waals surface area contributed by atoms with Crippen LogP contribution in [-0.2, 0) is 26.0 Å². The summed E-state index contributed by atoms with van der Waals surface area (Å²) in [6, 6.07) is 12.0. The lowest BCUT2D eigenvalue weighted by Gasteiger charge is -2.22. The molecule has 0 radical (unpaired) electrons. The summed E-state index contributed by atoms with van der Waals surface area (Å²) < 4.78 is 30.8. The van der Waals surface area contributed by atoms with Crippen LogP contribution in [-0.4, -0.2) is 38.3 Å². The normalized spacial score (nSPS) is 16.9. The number of carbonyl (C=O) groups is 2. The Labute approximate surface area is 180 Å². The molecule has 1 heterocycles. The number of benzene rings is 2. The monoisotopic (exact) mass is 448 g/mol. The van der Waals surface area contributed by atoms with Crippen molar-refractivity contribution in [1.82, 2.24) is 5.32 Å². The number of fused-ring (bicyclic) bond motifs is 1. The van der Waals surface area contributed by atoms with Crippen LogP contribution in [0.25, 0.3) is 0 Å². The number of hydrogen-bond acceptors (Lipinski definition) is 6. The molecule has 3 rings (SSSR count). The number of nitrogens with one attached hydrogen (secondary N) is 2. The van der Waals surface area contributed by atoms with E-state index >= 15 is 0 Å². The molecule has 2 aromatic rings. The molecule has 1 aliphatic heterocycles. The second-order valence-electron chi connectivity index (χ2n) is 7.16. The average molecular weight is 449 g/mol. The first-order valence-corrected chi connectivity index (χ1v) is 12.0. The van der Waals surface area contributed by atoms with Gasteiger partial charge < -0.3 is 15.4 Å². The van der Waals surface area contributed by atoms with Crippen LogP contribution >= 0.6 is 11.8 Å². The summed E-state index contributed by atoms with van der Waals surface area (Å²) in [4.78, 5) is 25.2. The van der Waals surface area contributed by atoms with Crippen molar-refractivity contribution in [3.8, 4) is 5.75 Å². The van der Waals surface area contributed by atoms with Crippen molar-refractivity contribution in [1.29, 1.82) is 0 Å². The minimum atomic E-state index is -3.70. The smallest absolute Gasteiger partial charge is 0.237 e. The van der Waals surface area contributed by atoms with Crippen molar-refractivity contribution in [3.05, 3.63) is 48.0 Å². The van der Waals surface area contributed by atoms with Crippen LogP contribution < -0.4 is 15.4 Å². The predicted octanol–water partition coefficient (Wildman–Crippen LogP) is 2.85. The van der Waals surface area contributed by atoms with Crippen LogP contribution in [0.3, 0.4) is 0 Å². The standard InChI is InChI=1S/C21H24N2O5S2/c1-13(20(24)22-11-15-5-4-6-16(9-15)28-3)12-30(26,27)17-7-8-19-18(10-17)23-21(25)14(2)29-19/h4-10,13-14H,11-12H2,1-3H3,(H,22,24)(H,23,25)/t13-,14-/m1/s1. The number of amides is 2. The summed E-state index contributed by atoms with van der Waals surface area (Å²) in [6.07, 6.45) is 0. The zero-order valence-corrected chi connectivity index (χ0v) is 18.6. The summed E-state index contributed by atoms with van der Waals surface area (Å²) in [6.45, 7) is 3.65. The fourth-order valence-electron chi connectivity index (χ4n) is 3.03. The van der Waals surface area contributed by atoms with E-state index in [1.165, 1.54) is 23.9 Å². The van der Waals surface area contributed by atoms with E-state index in [4.69, 9.17) is 4.74 Å². The lowest BCUT2D eigenvalue weighted by molar-refractivity contribution is -0.124. The molecule has 0 aliphatic carbocycles. The topological polar surface area (TPSA) is 102 Å². The molecule has 9 heteroatoms. The zero-order valence-electron chi connectivity index (χ0n) is 17.0. The molecule has 0 saturated carbocycles. The first kappa shape index (κ1) is 22.2. The Kier molecular flexibility index (Phi) is 6.72. The number of thioether (sulfide) groups is 1. The lowest BCUT2D eigenvalue weighted by Crippen LogP contribution is -2.33. The van der Waals surface area contributed by atoms with Gasteiger partial charge in [0.25, 0.3) is 0 Å². The number of methoxy groups -OCH3 is 1. The highest BCUT2D eigenvalue weighted by molar-refractivity contribution is 8.01. The molecule has 2 amide bonds. The van der Waals surface area contributed by atoms with E-state index in [-0.39, 0.29) is 34.3 Å². The highest BCUT2D eigenvalue weighted by Gasteiger charge is 2.27. The van der Waals surface area contributed by atoms with E-state index in [0.29, 0.717) is 11.4 Å². The molecule has 2 N–H and O–H groups in total. The average Bonchev–Trinajstić information content (AvgIpc) is 2.72. The van der Waals surface area contributed by atoms with Crippen molar-refractivity contribution in [3.63, 3.8) is 0 Å². The van der Waals surface area contributed by atoms with Crippen LogP contribution in [0, 0.1) is 5.92 Å². The van der Waals surface area contributed by atoms with Gasteiger partial charge >= 0.3 is 0 Å². The maximum absolute atomic E-state index is 12.8. The van der Waals surface area contributed by atoms with Gasteiger partial charge in [0.2, 0.25) is 11.8 Å². The number of anilines is 1. The second-order valence-corrected chi connectivity index (χ2v) is 10.6. The van der Waals surface area contributed by atoms with Gasteiger partial charge in [-0.1, -0.05) is 19.1 Å². The minimum Gasteiger partial charge on any atom is -0.497 e. The maximum Gasteiger partial charge on any atom is 0.237 e. The van der Waals surface area contributed by atoms with Crippen molar-refractivity contribution < 1.29 is 22.7 Å². The number of rotatable bonds is 7. The summed E-state index contributed by atoms with van der Waals surface area (Å²) >= 11 is 1.39. The van der Waals surface area contributed by atoms with E-state index in [0.717, 1.165) is 10.5 Å². The molecule has 2 aromatic carbocycles. The Morgan fingerprint density at radius 2 is 2.03 bits per heavy atom. The maximum atomic E-state index is 12.8. The summed E-state index contributed by atoms with van der Waals surface area (Å²) in [5, 5.41) is 5.27. The number of carbonyl (C=O) groups excluding carboxylic acids is 2. The highest BCUT2D eigenvalue weighted by Crippen LogP contribution is 2.37. The SMILES string of the molecule is COc1cccc(CNC(=O)[C@H](C)CS(=O)(=O)c2ccc3c(c2)NC(=O)[C@@H](C)S3)c1. The first-order chi connectivity index (χ1) is 14.2. The van der Waals surface area contributed by atoms with E-state index in [9.17, 15) is 18.0 Å². The van der Waals surface area contributed by atoms with Crippen LogP contribution in [0.15, 0.2) is 52.3 Å². The molecular weight excluding hydrogens is 424 g/mol. The fourth-order valence-corrected chi connectivity index (χ4v) is 5.53. The molecule has 2 atom stereocenters. The van der Waals surface area contributed by atoms with Gasteiger partial charge in [0, 0.05) is 17.4 Å². The third-order valence-electron chi connectivity index (χ3n) is 4.76. The van der Waals surface area contributed by atoms with Gasteiger partial charge in [-0.25, -0.2) is 8.42 Å². The Hall–Kier alpha value is -2.52. The van der Waals surface area contributed by atoms with Gasteiger partial charge in [0.1, 0.15) is 5.75 Å². The summed E-state index contributed by atoms with van der Waals surface area (Å²) in [7, 11) is -2.14. The van der Waals surface area contributed by atoms with Crippen LogP contribution in [0.4, 0.5) is 5.69 Å². The third kappa shape index (κ3) is 5.14. The number of sulfone groups is 1. The van der Waals surface area contributed by atoms with Gasteiger partial charge in [0.05, 0.1) is 28.7 Å². The Bertz CT molecular complexity index is 1070. The molecule has 0 bridgehead atoms. The van der Waals surface area contributed by atoms with Gasteiger partial charge in [-0.15, -0.1) is 11.8 Å². The number of hydrogen-bond donors (Lipinski definition) is 2. The Morgan fingerprint density at radius 1 is 1.27 bits per heavy atom. The highest BCUT2D eigenvalue weighted by atomic mass is 32.2. The van der Waals surface area contributed by atoms with Crippen LogP contribution in [0.1, 0.15) is 19.4 Å². The Balaban J connectivity index is 1.65. The molecule has 0 spiro atoms. The summed E-state index contributed by atoms with van der Waals surface area (Å²) in [5.74, 6) is -0.887. The Morgan fingerprint density at radius 3 is 2.77 bits per heavy atom. The molecule has 1 aliphatic rings. The minimum absolute atomic E-state index is 0.0872. The zero-order chi connectivity index (χ0) is 21.9. The van der Waals surface area contributed by atoms with Crippen LogP contribution in [0.5, 0.6) is 5.75 Å². The molecule has 30 heavy (non-hydrogen) atoms. The van der Waals surface area contributed by atoms with E-state index in [1.807, 2.05) is 18.2 Å². The summed E-state index contributed by atoms with van der Waals surface area (Å²) in [5.41, 5.74) is 1.34. The van der Waals surface area contributed by atoms with E-state index in [2.05, 4.69) is 10.6 Å². The van der Waals surface area contributed by atoms with Gasteiger partial charge in [-0.05, 0) is 42.8 Å². The van der Waals surface area contributed by atoms with Gasteiger partial charge in [-0.2, -0.15) is 0 Å². The van der Waals surface area contributed by atoms with Crippen LogP contribution in [0.2, 0.25) is 0 Å². The van der Waals surface area contributed by atoms with Crippen molar-refractivity contribution in [2.24, 2.45) is 5.92 Å². The van der Waals surface area contributed by atoms with E-state index < -0.39 is 15.8 Å². The lowest BCUT2D eigenvalue weighted by atomic mass is 10.2. The molecule has 7 nitrogen and oxygen atoms in total. The molecule has 0 fully saturated rings. The molecule has 160 valence electrons. The molecule has 0 unspecified atom stereocenters. The third-order valence-corrected chi connectivity index (χ3v) is 7.85. The fraction of sp³-hybridized carbons (Fsp3) is 0.333. The van der Waals surface area contributed by atoms with Gasteiger partial charge in [-0.3, -0.25) is 9.59 Å². The predicted molar refractivity (Wildman–Crippen MR) is 116 cm³/mol. The molecule has 0 saturated heterocycles. The number of ether oxygens (including phenoxy) is 1. The quantitative estimate of drug-likeness (QED) is 0.675. The second kappa shape index (κ2) is 9.09. The van der Waals surface area contributed by atoms with Crippen molar-refractivity contribution >= 4 is 39.1 Å². The van der Waals surface area contributed by atoms with E-state index in [1.54, 1.807) is 33.1 Å². The largest absolute Gasteiger partial charge is 0.497 e. The molecule has 0 aromatic heterocycles. The van der Waals surface area contributed by atoms with Gasteiger partial charge in [0.15, 0.2) is 9.84 Å².